The summed E-state index contributed by atoms with van der Waals surface area (Å²) in [5, 5.41) is 10.1. The van der Waals surface area contributed by atoms with Crippen LogP contribution in [0.4, 0.5) is 5.95 Å². The van der Waals surface area contributed by atoms with Gasteiger partial charge in [-0.1, -0.05) is 30.3 Å². The predicted octanol–water partition coefficient (Wildman–Crippen LogP) is 1.79. The second kappa shape index (κ2) is 8.04. The number of aliphatic hydroxyl groups is 1. The zero-order chi connectivity index (χ0) is 21.4. The van der Waals surface area contributed by atoms with Crippen molar-refractivity contribution < 1.29 is 24.1 Å². The van der Waals surface area contributed by atoms with E-state index in [0.29, 0.717) is 43.1 Å². The summed E-state index contributed by atoms with van der Waals surface area (Å²) in [6.07, 6.45) is 1.21. The number of fused-ring (bicyclic) bond motifs is 3. The predicted molar refractivity (Wildman–Crippen MR) is 110 cm³/mol. The molecule has 2 aliphatic rings. The largest absolute Gasteiger partial charge is 0.476 e. The molecule has 2 bridgehead atoms. The number of ether oxygens (including phenoxy) is 4. The van der Waals surface area contributed by atoms with Crippen molar-refractivity contribution in [3.05, 3.63) is 42.2 Å². The topological polar surface area (TPSA) is 127 Å². The Morgan fingerprint density at radius 1 is 1.26 bits per heavy atom. The SMILES string of the molecule is CCOc1nc(N)nc2c1ncn2[C@@H]1O[C@@]2(CO)C[C@H](OCc3ccccc3)O[C@@H]1C2. The van der Waals surface area contributed by atoms with Gasteiger partial charge in [0.1, 0.15) is 11.7 Å². The van der Waals surface area contributed by atoms with Gasteiger partial charge in [-0.15, -0.1) is 0 Å². The lowest BCUT2D eigenvalue weighted by atomic mass is 9.93. The van der Waals surface area contributed by atoms with E-state index in [4.69, 9.17) is 24.7 Å². The Kier molecular flexibility index (Phi) is 5.22. The van der Waals surface area contributed by atoms with Crippen LogP contribution in [0.25, 0.3) is 11.2 Å². The maximum atomic E-state index is 10.1. The number of aromatic nitrogens is 4. The van der Waals surface area contributed by atoms with Gasteiger partial charge < -0.3 is 29.8 Å². The van der Waals surface area contributed by atoms with Crippen molar-refractivity contribution in [2.45, 2.75) is 50.6 Å². The summed E-state index contributed by atoms with van der Waals surface area (Å²) in [4.78, 5) is 12.9. The van der Waals surface area contributed by atoms with Crippen molar-refractivity contribution in [1.29, 1.82) is 0 Å². The van der Waals surface area contributed by atoms with Crippen molar-refractivity contribution in [3.63, 3.8) is 0 Å². The lowest BCUT2D eigenvalue weighted by molar-refractivity contribution is -0.210. The highest BCUT2D eigenvalue weighted by atomic mass is 16.7. The molecular formula is C21H25N5O5. The van der Waals surface area contributed by atoms with Gasteiger partial charge in [0.05, 0.1) is 26.1 Å². The molecule has 3 N–H and O–H groups in total. The molecule has 4 atom stereocenters. The van der Waals surface area contributed by atoms with Gasteiger partial charge in [-0.05, 0) is 12.5 Å². The number of hydrogen-bond donors (Lipinski definition) is 2. The molecule has 3 aromatic rings. The first-order chi connectivity index (χ1) is 15.1. The van der Waals surface area contributed by atoms with Crippen molar-refractivity contribution >= 4 is 17.1 Å². The summed E-state index contributed by atoms with van der Waals surface area (Å²) < 4.78 is 25.8. The molecule has 164 valence electrons. The molecule has 5 rings (SSSR count). The van der Waals surface area contributed by atoms with Crippen LogP contribution in [0.3, 0.4) is 0 Å². The molecular weight excluding hydrogens is 402 g/mol. The zero-order valence-electron chi connectivity index (χ0n) is 17.2. The molecule has 0 saturated carbocycles. The summed E-state index contributed by atoms with van der Waals surface area (Å²) >= 11 is 0. The highest BCUT2D eigenvalue weighted by molar-refractivity contribution is 5.77. The lowest BCUT2D eigenvalue weighted by Gasteiger charge is -2.34. The molecule has 0 unspecified atom stereocenters. The molecule has 2 saturated heterocycles. The van der Waals surface area contributed by atoms with Gasteiger partial charge in [0, 0.05) is 12.8 Å². The van der Waals surface area contributed by atoms with Gasteiger partial charge in [0.2, 0.25) is 11.8 Å². The highest BCUT2D eigenvalue weighted by Crippen LogP contribution is 2.47. The summed E-state index contributed by atoms with van der Waals surface area (Å²) in [7, 11) is 0. The minimum atomic E-state index is -0.757. The van der Waals surface area contributed by atoms with Crippen LogP contribution in [0.5, 0.6) is 5.88 Å². The quantitative estimate of drug-likeness (QED) is 0.580. The number of nitrogens with two attached hydrogens (primary N) is 1. The Hall–Kier alpha value is -2.79. The van der Waals surface area contributed by atoms with Crippen LogP contribution >= 0.6 is 0 Å². The third-order valence-corrected chi connectivity index (χ3v) is 5.66. The number of aliphatic hydroxyl groups excluding tert-OH is 1. The molecule has 0 spiro atoms. The van der Waals surface area contributed by atoms with Gasteiger partial charge in [-0.25, -0.2) is 4.98 Å². The van der Waals surface area contributed by atoms with E-state index in [1.54, 1.807) is 10.9 Å². The first-order valence-electron chi connectivity index (χ1n) is 10.3. The molecule has 10 heteroatoms. The van der Waals surface area contributed by atoms with Crippen LogP contribution in [0.1, 0.15) is 31.6 Å². The number of rotatable bonds is 7. The number of anilines is 1. The van der Waals surface area contributed by atoms with Crippen LogP contribution in [-0.4, -0.2) is 55.8 Å². The minimum Gasteiger partial charge on any atom is -0.476 e. The Morgan fingerprint density at radius 3 is 2.87 bits per heavy atom. The van der Waals surface area contributed by atoms with E-state index in [0.717, 1.165) is 5.56 Å². The maximum Gasteiger partial charge on any atom is 0.247 e. The molecule has 0 aliphatic carbocycles. The third-order valence-electron chi connectivity index (χ3n) is 5.66. The normalized spacial score (nSPS) is 27.6. The fraction of sp³-hybridized carbons (Fsp3) is 0.476. The summed E-state index contributed by atoms with van der Waals surface area (Å²) in [6, 6.07) is 9.88. The molecule has 4 heterocycles. The van der Waals surface area contributed by atoms with E-state index < -0.39 is 18.1 Å². The van der Waals surface area contributed by atoms with Crippen LogP contribution in [0, 0.1) is 0 Å². The number of nitrogens with zero attached hydrogens (tertiary/aromatic N) is 4. The van der Waals surface area contributed by atoms with Crippen LogP contribution in [0.15, 0.2) is 36.7 Å². The zero-order valence-corrected chi connectivity index (χ0v) is 17.2. The number of imidazole rings is 1. The van der Waals surface area contributed by atoms with Crippen LogP contribution in [0.2, 0.25) is 0 Å². The molecule has 0 radical (unpaired) electrons. The van der Waals surface area contributed by atoms with E-state index in [1.165, 1.54) is 0 Å². The first-order valence-corrected chi connectivity index (χ1v) is 10.3. The molecule has 2 aromatic heterocycles. The van der Waals surface area contributed by atoms with E-state index in [-0.39, 0.29) is 18.7 Å². The summed E-state index contributed by atoms with van der Waals surface area (Å²) in [5.74, 6) is 0.409. The highest BCUT2D eigenvalue weighted by Gasteiger charge is 2.54. The van der Waals surface area contributed by atoms with E-state index >= 15 is 0 Å². The number of hydrogen-bond acceptors (Lipinski definition) is 9. The maximum absolute atomic E-state index is 10.1. The van der Waals surface area contributed by atoms with Gasteiger partial charge in [0.15, 0.2) is 23.7 Å². The molecule has 1 aromatic carbocycles. The van der Waals surface area contributed by atoms with Crippen LogP contribution < -0.4 is 10.5 Å². The average Bonchev–Trinajstić information content (AvgIpc) is 3.31. The lowest BCUT2D eigenvalue weighted by Crippen LogP contribution is -2.43. The summed E-state index contributed by atoms with van der Waals surface area (Å²) in [6.45, 7) is 2.57. The van der Waals surface area contributed by atoms with Gasteiger partial charge in [0.25, 0.3) is 0 Å². The molecule has 2 fully saturated rings. The molecule has 31 heavy (non-hydrogen) atoms. The van der Waals surface area contributed by atoms with Crippen molar-refractivity contribution in [2.75, 3.05) is 18.9 Å². The smallest absolute Gasteiger partial charge is 0.247 e. The molecule has 10 nitrogen and oxygen atoms in total. The second-order valence-corrected chi connectivity index (χ2v) is 7.80. The molecule has 0 amide bonds. The van der Waals surface area contributed by atoms with Crippen molar-refractivity contribution in [3.8, 4) is 5.88 Å². The minimum absolute atomic E-state index is 0.0838. The molecule has 2 aliphatic heterocycles. The Balaban J connectivity index is 1.40. The van der Waals surface area contributed by atoms with E-state index in [2.05, 4.69) is 15.0 Å². The monoisotopic (exact) mass is 427 g/mol. The van der Waals surface area contributed by atoms with E-state index in [9.17, 15) is 5.11 Å². The Morgan fingerprint density at radius 2 is 2.10 bits per heavy atom. The average molecular weight is 427 g/mol. The van der Waals surface area contributed by atoms with Crippen molar-refractivity contribution in [2.24, 2.45) is 0 Å². The fourth-order valence-corrected chi connectivity index (χ4v) is 4.24. The Bertz CT molecular complexity index is 1060. The Labute approximate surface area is 178 Å². The second-order valence-electron chi connectivity index (χ2n) is 7.80. The standard InChI is InChI=1S/C21H25N5O5/c1-2-28-18-16-17(24-20(22)25-18)26(12-23-16)19-14-8-21(11-27,31-19)9-15(30-14)29-10-13-6-4-3-5-7-13/h3-7,12,14-15,19,27H,2,8-11H2,1H3,(H2,22,24,25)/t14-,15-,19-,21-/m1/s1. The third kappa shape index (κ3) is 3.72. The van der Waals surface area contributed by atoms with Gasteiger partial charge in [-0.2, -0.15) is 9.97 Å². The number of benzene rings is 1. The number of nitrogen functional groups attached to an aromatic ring is 1. The fourth-order valence-electron chi connectivity index (χ4n) is 4.24. The first kappa shape index (κ1) is 20.1. The summed E-state index contributed by atoms with van der Waals surface area (Å²) in [5.41, 5.74) is 7.17. The van der Waals surface area contributed by atoms with Crippen LogP contribution in [-0.2, 0) is 20.8 Å². The van der Waals surface area contributed by atoms with E-state index in [1.807, 2.05) is 37.3 Å². The van der Waals surface area contributed by atoms with Gasteiger partial charge >= 0.3 is 0 Å². The van der Waals surface area contributed by atoms with Gasteiger partial charge in [-0.3, -0.25) is 4.57 Å². The van der Waals surface area contributed by atoms with Crippen molar-refractivity contribution in [1.82, 2.24) is 19.5 Å².